The van der Waals surface area contributed by atoms with Gasteiger partial charge in [-0.05, 0) is 19.4 Å². The highest BCUT2D eigenvalue weighted by Crippen LogP contribution is 2.24. The third-order valence-electron chi connectivity index (χ3n) is 4.14. The molecule has 0 bridgehead atoms. The van der Waals surface area contributed by atoms with Gasteiger partial charge in [-0.25, -0.2) is 5.43 Å². The summed E-state index contributed by atoms with van der Waals surface area (Å²) in [4.78, 5) is 0. The molecule has 6 heteroatoms. The van der Waals surface area contributed by atoms with Gasteiger partial charge in [0.1, 0.15) is 5.76 Å². The van der Waals surface area contributed by atoms with Gasteiger partial charge in [0, 0.05) is 31.1 Å². The van der Waals surface area contributed by atoms with Gasteiger partial charge in [0.15, 0.2) is 0 Å². The first-order valence-electron chi connectivity index (χ1n) is 7.41. The van der Waals surface area contributed by atoms with Gasteiger partial charge < -0.3 is 9.84 Å². The van der Waals surface area contributed by atoms with Gasteiger partial charge in [0.2, 0.25) is 0 Å². The number of nitrogens with one attached hydrogen (secondary N) is 3. The summed E-state index contributed by atoms with van der Waals surface area (Å²) < 4.78 is 5.19. The molecule has 2 unspecified atom stereocenters. The molecule has 3 N–H and O–H groups in total. The Balaban J connectivity index is 0.00000176. The van der Waals surface area contributed by atoms with Crippen LogP contribution in [-0.4, -0.2) is 18.2 Å². The van der Waals surface area contributed by atoms with Crippen LogP contribution >= 0.6 is 12.4 Å². The van der Waals surface area contributed by atoms with Crippen molar-refractivity contribution < 1.29 is 4.52 Å². The third kappa shape index (κ3) is 3.67. The maximum atomic E-state index is 5.19. The number of hydrogen-bond donors (Lipinski definition) is 3. The smallest absolute Gasteiger partial charge is 0.138 e. The summed E-state index contributed by atoms with van der Waals surface area (Å²) in [5, 5.41) is 7.52. The predicted molar refractivity (Wildman–Crippen MR) is 88.7 cm³/mol. The summed E-state index contributed by atoms with van der Waals surface area (Å²) in [6.07, 6.45) is 0. The summed E-state index contributed by atoms with van der Waals surface area (Å²) in [5.41, 5.74) is 10.1. The number of hydrazine groups is 1. The molecule has 1 aromatic carbocycles. The molecule has 0 radical (unpaired) electrons. The Kier molecular flexibility index (Phi) is 5.97. The highest BCUT2D eigenvalue weighted by Gasteiger charge is 2.27. The summed E-state index contributed by atoms with van der Waals surface area (Å²) in [7, 11) is 0. The maximum Gasteiger partial charge on any atom is 0.138 e. The van der Waals surface area contributed by atoms with Gasteiger partial charge in [-0.15, -0.1) is 12.4 Å². The summed E-state index contributed by atoms with van der Waals surface area (Å²) in [5.74, 6) is 1.43. The molecule has 2 atom stereocenters. The Morgan fingerprint density at radius 3 is 2.73 bits per heavy atom. The first-order valence-corrected chi connectivity index (χ1v) is 7.41. The fourth-order valence-corrected chi connectivity index (χ4v) is 2.88. The van der Waals surface area contributed by atoms with Crippen molar-refractivity contribution in [3.05, 3.63) is 52.9 Å². The van der Waals surface area contributed by atoms with E-state index in [4.69, 9.17) is 4.52 Å². The molecule has 1 aliphatic heterocycles. The predicted octanol–water partition coefficient (Wildman–Crippen LogP) is 2.27. The molecule has 5 nitrogen and oxygen atoms in total. The van der Waals surface area contributed by atoms with Crippen LogP contribution in [-0.2, 0) is 6.54 Å². The van der Waals surface area contributed by atoms with Gasteiger partial charge >= 0.3 is 0 Å². The SMILES string of the molecule is Cc1noc(C)c1CNCC1CNNC1c1ccccc1.Cl. The molecule has 2 aromatic rings. The van der Waals surface area contributed by atoms with Crippen LogP contribution in [0.2, 0.25) is 0 Å². The van der Waals surface area contributed by atoms with Crippen molar-refractivity contribution in [1.82, 2.24) is 21.3 Å². The molecule has 0 saturated carbocycles. The molecule has 120 valence electrons. The van der Waals surface area contributed by atoms with Gasteiger partial charge in [-0.3, -0.25) is 5.43 Å². The van der Waals surface area contributed by atoms with Crippen molar-refractivity contribution in [1.29, 1.82) is 0 Å². The van der Waals surface area contributed by atoms with Crippen molar-refractivity contribution in [2.24, 2.45) is 5.92 Å². The third-order valence-corrected chi connectivity index (χ3v) is 4.14. The lowest BCUT2D eigenvalue weighted by molar-refractivity contribution is 0.391. The molecule has 2 heterocycles. The second-order valence-corrected chi connectivity index (χ2v) is 5.61. The Morgan fingerprint density at radius 2 is 2.05 bits per heavy atom. The number of aromatic nitrogens is 1. The summed E-state index contributed by atoms with van der Waals surface area (Å²) in [6.45, 7) is 6.67. The van der Waals surface area contributed by atoms with Crippen LogP contribution in [0.3, 0.4) is 0 Å². The zero-order chi connectivity index (χ0) is 14.7. The minimum absolute atomic E-state index is 0. The second-order valence-electron chi connectivity index (χ2n) is 5.61. The van der Waals surface area contributed by atoms with Crippen LogP contribution in [0.1, 0.15) is 28.6 Å². The average Bonchev–Trinajstić information content (AvgIpc) is 3.09. The Morgan fingerprint density at radius 1 is 1.27 bits per heavy atom. The van der Waals surface area contributed by atoms with E-state index in [0.29, 0.717) is 12.0 Å². The molecule has 22 heavy (non-hydrogen) atoms. The molecule has 0 amide bonds. The standard InChI is InChI=1S/C16H22N4O.ClH/c1-11-15(12(2)21-20-11)10-17-8-14-9-18-19-16(14)13-6-4-3-5-7-13;/h3-7,14,16-19H,8-10H2,1-2H3;1H. The van der Waals surface area contributed by atoms with Gasteiger partial charge in [-0.1, -0.05) is 35.5 Å². The van der Waals surface area contributed by atoms with Crippen molar-refractivity contribution in [3.8, 4) is 0 Å². The Bertz CT molecular complexity index is 568. The fourth-order valence-electron chi connectivity index (χ4n) is 2.88. The molecule has 0 spiro atoms. The number of rotatable bonds is 5. The first kappa shape index (κ1) is 17.0. The van der Waals surface area contributed by atoms with Crippen LogP contribution in [0.15, 0.2) is 34.9 Å². The van der Waals surface area contributed by atoms with E-state index in [0.717, 1.165) is 31.1 Å². The van der Waals surface area contributed by atoms with E-state index in [1.54, 1.807) is 0 Å². The van der Waals surface area contributed by atoms with Crippen LogP contribution in [0, 0.1) is 19.8 Å². The molecule has 1 fully saturated rings. The van der Waals surface area contributed by atoms with Gasteiger partial charge in [0.05, 0.1) is 11.7 Å². The largest absolute Gasteiger partial charge is 0.361 e. The van der Waals surface area contributed by atoms with E-state index >= 15 is 0 Å². The van der Waals surface area contributed by atoms with Crippen LogP contribution < -0.4 is 16.2 Å². The lowest BCUT2D eigenvalue weighted by atomic mass is 9.95. The monoisotopic (exact) mass is 322 g/mol. The van der Waals surface area contributed by atoms with E-state index in [2.05, 4.69) is 51.7 Å². The van der Waals surface area contributed by atoms with Crippen molar-refractivity contribution in [2.45, 2.75) is 26.4 Å². The second kappa shape index (κ2) is 7.74. The Labute approximate surface area is 137 Å². The number of benzene rings is 1. The zero-order valence-corrected chi connectivity index (χ0v) is 13.7. The minimum atomic E-state index is 0. The normalized spacial score (nSPS) is 20.8. The molecular formula is C16H23ClN4O. The molecular weight excluding hydrogens is 300 g/mol. The number of nitrogens with zero attached hydrogens (tertiary/aromatic N) is 1. The topological polar surface area (TPSA) is 62.1 Å². The van der Waals surface area contributed by atoms with E-state index in [1.807, 2.05) is 13.8 Å². The maximum absolute atomic E-state index is 5.19. The lowest BCUT2D eigenvalue weighted by Crippen LogP contribution is -2.28. The minimum Gasteiger partial charge on any atom is -0.361 e. The van der Waals surface area contributed by atoms with Crippen LogP contribution in [0.25, 0.3) is 0 Å². The molecule has 1 saturated heterocycles. The van der Waals surface area contributed by atoms with E-state index in [-0.39, 0.29) is 12.4 Å². The van der Waals surface area contributed by atoms with E-state index < -0.39 is 0 Å². The highest BCUT2D eigenvalue weighted by molar-refractivity contribution is 5.85. The number of halogens is 1. The molecule has 3 rings (SSSR count). The van der Waals surface area contributed by atoms with Crippen molar-refractivity contribution in [2.75, 3.05) is 13.1 Å². The zero-order valence-electron chi connectivity index (χ0n) is 12.9. The van der Waals surface area contributed by atoms with E-state index in [9.17, 15) is 0 Å². The van der Waals surface area contributed by atoms with Crippen LogP contribution in [0.5, 0.6) is 0 Å². The quantitative estimate of drug-likeness (QED) is 0.788. The van der Waals surface area contributed by atoms with Gasteiger partial charge in [-0.2, -0.15) is 0 Å². The molecule has 1 aliphatic rings. The summed E-state index contributed by atoms with van der Waals surface area (Å²) >= 11 is 0. The van der Waals surface area contributed by atoms with E-state index in [1.165, 1.54) is 11.1 Å². The first-order chi connectivity index (χ1) is 10.3. The Hall–Kier alpha value is -1.40. The summed E-state index contributed by atoms with van der Waals surface area (Å²) in [6, 6.07) is 10.9. The van der Waals surface area contributed by atoms with Gasteiger partial charge in [0.25, 0.3) is 0 Å². The lowest BCUT2D eigenvalue weighted by Gasteiger charge is -2.19. The van der Waals surface area contributed by atoms with Crippen LogP contribution in [0.4, 0.5) is 0 Å². The average molecular weight is 323 g/mol. The number of aryl methyl sites for hydroxylation is 2. The highest BCUT2D eigenvalue weighted by atomic mass is 35.5. The number of hydrogen-bond acceptors (Lipinski definition) is 5. The molecule has 0 aliphatic carbocycles. The molecule has 1 aromatic heterocycles. The van der Waals surface area contributed by atoms with Crippen molar-refractivity contribution >= 4 is 12.4 Å². The van der Waals surface area contributed by atoms with Crippen molar-refractivity contribution in [3.63, 3.8) is 0 Å². The fraction of sp³-hybridized carbons (Fsp3) is 0.438.